The van der Waals surface area contributed by atoms with E-state index in [2.05, 4.69) is 15.5 Å². The smallest absolute Gasteiger partial charge is 0.338 e. The van der Waals surface area contributed by atoms with Gasteiger partial charge in [0.1, 0.15) is 0 Å². The van der Waals surface area contributed by atoms with E-state index in [1.165, 1.54) is 0 Å². The summed E-state index contributed by atoms with van der Waals surface area (Å²) in [5, 5.41) is 6.53. The second kappa shape index (κ2) is 11.3. The molecule has 1 aromatic carbocycles. The zero-order valence-corrected chi connectivity index (χ0v) is 21.9. The molecule has 0 radical (unpaired) electrons. The van der Waals surface area contributed by atoms with E-state index < -0.39 is 12.0 Å². The Morgan fingerprint density at radius 1 is 1.11 bits per heavy atom. The van der Waals surface area contributed by atoms with Crippen molar-refractivity contribution in [1.82, 2.24) is 25.3 Å². The zero-order valence-electron chi connectivity index (χ0n) is 21.2. The molecule has 2 aliphatic rings. The number of urea groups is 2. The van der Waals surface area contributed by atoms with E-state index in [0.717, 1.165) is 5.56 Å². The van der Waals surface area contributed by atoms with Gasteiger partial charge >= 0.3 is 18.0 Å². The maximum Gasteiger partial charge on any atom is 0.338 e. The van der Waals surface area contributed by atoms with Crippen molar-refractivity contribution in [1.29, 1.82) is 0 Å². The Balaban J connectivity index is 1.88. The molecule has 1 fully saturated rings. The van der Waals surface area contributed by atoms with Crippen molar-refractivity contribution in [3.8, 4) is 0 Å². The quantitative estimate of drug-likeness (QED) is 0.578. The number of nitrogens with one attached hydrogen (secondary N) is 2. The topological polar surface area (TPSA) is 94.2 Å². The Labute approximate surface area is 212 Å². The van der Waals surface area contributed by atoms with E-state index in [-0.39, 0.29) is 24.2 Å². The van der Waals surface area contributed by atoms with Crippen molar-refractivity contribution in [2.45, 2.75) is 46.2 Å². The van der Waals surface area contributed by atoms with E-state index in [1.807, 2.05) is 27.7 Å². The molecule has 2 aliphatic heterocycles. The highest BCUT2D eigenvalue weighted by atomic mass is 35.5. The van der Waals surface area contributed by atoms with Crippen LogP contribution in [0.25, 0.3) is 0 Å². The normalized spacial score (nSPS) is 19.5. The van der Waals surface area contributed by atoms with Crippen LogP contribution in [0.1, 0.15) is 46.2 Å². The third-order valence-corrected chi connectivity index (χ3v) is 6.22. The van der Waals surface area contributed by atoms with E-state index in [0.29, 0.717) is 55.6 Å². The lowest BCUT2D eigenvalue weighted by Crippen LogP contribution is -2.56. The van der Waals surface area contributed by atoms with Crippen LogP contribution in [0.15, 0.2) is 35.5 Å². The van der Waals surface area contributed by atoms with Crippen LogP contribution in [0, 0.1) is 0 Å². The molecule has 0 bridgehead atoms. The van der Waals surface area contributed by atoms with Gasteiger partial charge in [-0.1, -0.05) is 23.7 Å². The fraction of sp³-hybridized carbons (Fsp3) is 0.560. The van der Waals surface area contributed by atoms with Gasteiger partial charge in [-0.2, -0.15) is 0 Å². The van der Waals surface area contributed by atoms with Gasteiger partial charge in [0.25, 0.3) is 0 Å². The van der Waals surface area contributed by atoms with Crippen LogP contribution in [-0.4, -0.2) is 84.1 Å². The second-order valence-corrected chi connectivity index (χ2v) is 10.1. The van der Waals surface area contributed by atoms with Crippen molar-refractivity contribution in [3.05, 3.63) is 46.1 Å². The minimum absolute atomic E-state index is 0.0846. The number of piperazine rings is 1. The van der Waals surface area contributed by atoms with E-state index in [9.17, 15) is 14.4 Å². The highest BCUT2D eigenvalue weighted by Crippen LogP contribution is 2.32. The summed E-state index contributed by atoms with van der Waals surface area (Å²) in [5.41, 5.74) is 1.50. The lowest BCUT2D eigenvalue weighted by molar-refractivity contribution is -0.139. The summed E-state index contributed by atoms with van der Waals surface area (Å²) < 4.78 is 5.42. The molecule has 4 amide bonds. The number of hydrogen-bond donors (Lipinski definition) is 2. The lowest BCUT2D eigenvalue weighted by Gasteiger charge is -2.40. The summed E-state index contributed by atoms with van der Waals surface area (Å²) >= 11 is 6.06. The van der Waals surface area contributed by atoms with Gasteiger partial charge in [-0.05, 0) is 52.3 Å². The molecule has 0 saturated carbocycles. The first kappa shape index (κ1) is 26.8. The minimum Gasteiger partial charge on any atom is -0.463 e. The Hall–Kier alpha value is -2.78. The predicted octanol–water partition coefficient (Wildman–Crippen LogP) is 3.37. The molecule has 2 heterocycles. The van der Waals surface area contributed by atoms with Gasteiger partial charge in [0.05, 0.1) is 18.2 Å². The molecule has 0 aromatic heterocycles. The molecule has 2 N–H and O–H groups in total. The van der Waals surface area contributed by atoms with Crippen LogP contribution < -0.4 is 10.6 Å². The van der Waals surface area contributed by atoms with Gasteiger partial charge in [0.2, 0.25) is 0 Å². The van der Waals surface area contributed by atoms with Crippen molar-refractivity contribution < 1.29 is 19.1 Å². The molecule has 3 rings (SSSR count). The van der Waals surface area contributed by atoms with Gasteiger partial charge in [0.15, 0.2) is 0 Å². The van der Waals surface area contributed by atoms with E-state index in [1.54, 1.807) is 41.0 Å². The molecule has 1 saturated heterocycles. The van der Waals surface area contributed by atoms with Crippen molar-refractivity contribution in [2.75, 3.05) is 45.9 Å². The predicted molar refractivity (Wildman–Crippen MR) is 135 cm³/mol. The molecular weight excluding hydrogens is 470 g/mol. The number of likely N-dealkylation sites (N-methyl/N-ethyl adjacent to an activating group) is 1. The molecule has 1 atom stereocenters. The minimum atomic E-state index is -0.643. The number of carbonyl (C=O) groups is 3. The highest BCUT2D eigenvalue weighted by molar-refractivity contribution is 6.30. The number of benzene rings is 1. The first-order valence-electron chi connectivity index (χ1n) is 12.1. The summed E-state index contributed by atoms with van der Waals surface area (Å²) in [6, 6.07) is 6.09. The number of ether oxygens (including phenoxy) is 1. The number of rotatable bonds is 6. The highest BCUT2D eigenvalue weighted by Gasteiger charge is 2.38. The second-order valence-electron chi connectivity index (χ2n) is 9.70. The summed E-state index contributed by atoms with van der Waals surface area (Å²) in [4.78, 5) is 44.3. The third kappa shape index (κ3) is 6.67. The Kier molecular flexibility index (Phi) is 8.66. The van der Waals surface area contributed by atoms with Crippen LogP contribution >= 0.6 is 11.6 Å². The average molecular weight is 506 g/mol. The number of halogens is 1. The monoisotopic (exact) mass is 505 g/mol. The Morgan fingerprint density at radius 2 is 1.74 bits per heavy atom. The largest absolute Gasteiger partial charge is 0.463 e. The zero-order chi connectivity index (χ0) is 25.8. The van der Waals surface area contributed by atoms with Gasteiger partial charge in [-0.25, -0.2) is 14.4 Å². The molecule has 9 nitrogen and oxygen atoms in total. The number of hydrogen-bond acceptors (Lipinski definition) is 5. The molecule has 192 valence electrons. The molecule has 0 spiro atoms. The average Bonchev–Trinajstić information content (AvgIpc) is 2.79. The summed E-state index contributed by atoms with van der Waals surface area (Å²) in [6.45, 7) is 12.9. The standard InChI is InChI=1S/C25H36ClN5O4/c1-6-31-19(16-29-12-14-30(15-13-29)24(34)28-25(3,4)5)20(22(32)35-7-2)21(27-23(31)33)17-8-10-18(26)11-9-17/h8-11,21H,6-7,12-16H2,1-5H3,(H,27,33)(H,28,34). The van der Waals surface area contributed by atoms with Gasteiger partial charge in [-0.15, -0.1) is 0 Å². The molecule has 0 aliphatic carbocycles. The fourth-order valence-corrected chi connectivity index (χ4v) is 4.41. The molecular formula is C25H36ClN5O4. The first-order chi connectivity index (χ1) is 16.5. The van der Waals surface area contributed by atoms with Crippen LogP contribution in [0.4, 0.5) is 9.59 Å². The van der Waals surface area contributed by atoms with Gasteiger partial charge in [0, 0.05) is 55.5 Å². The summed E-state index contributed by atoms with van der Waals surface area (Å²) in [7, 11) is 0. The lowest BCUT2D eigenvalue weighted by atomic mass is 9.94. The first-order valence-corrected chi connectivity index (χ1v) is 12.4. The fourth-order valence-electron chi connectivity index (χ4n) is 4.28. The maximum absolute atomic E-state index is 13.2. The number of esters is 1. The van der Waals surface area contributed by atoms with Crippen molar-refractivity contribution in [2.24, 2.45) is 0 Å². The van der Waals surface area contributed by atoms with Crippen LogP contribution in [0.2, 0.25) is 5.02 Å². The van der Waals surface area contributed by atoms with Gasteiger partial charge < -0.3 is 20.3 Å². The molecule has 10 heteroatoms. The van der Waals surface area contributed by atoms with Crippen LogP contribution in [0.3, 0.4) is 0 Å². The molecule has 1 aromatic rings. The number of carbonyl (C=O) groups excluding carboxylic acids is 3. The SMILES string of the molecule is CCOC(=O)C1=C(CN2CCN(C(=O)NC(C)(C)C)CC2)N(CC)C(=O)NC1c1ccc(Cl)cc1. The number of amides is 4. The molecule has 35 heavy (non-hydrogen) atoms. The number of nitrogens with zero attached hydrogens (tertiary/aromatic N) is 3. The van der Waals surface area contributed by atoms with E-state index in [4.69, 9.17) is 16.3 Å². The van der Waals surface area contributed by atoms with Crippen LogP contribution in [-0.2, 0) is 9.53 Å². The van der Waals surface area contributed by atoms with Crippen molar-refractivity contribution in [3.63, 3.8) is 0 Å². The van der Waals surface area contributed by atoms with Crippen molar-refractivity contribution >= 4 is 29.6 Å². The molecule has 1 unspecified atom stereocenters. The summed E-state index contributed by atoms with van der Waals surface area (Å²) in [6.07, 6.45) is 0. The van der Waals surface area contributed by atoms with E-state index >= 15 is 0 Å². The maximum atomic E-state index is 13.2. The Bertz CT molecular complexity index is 965. The van der Waals surface area contributed by atoms with Crippen LogP contribution in [0.5, 0.6) is 0 Å². The Morgan fingerprint density at radius 3 is 2.29 bits per heavy atom. The third-order valence-electron chi connectivity index (χ3n) is 5.97. The summed E-state index contributed by atoms with van der Waals surface area (Å²) in [5.74, 6) is -0.455. The van der Waals surface area contributed by atoms with Gasteiger partial charge in [-0.3, -0.25) is 9.80 Å².